The molecule has 0 radical (unpaired) electrons. The number of Topliss-reactive ketones (excluding diaryl/α,β-unsaturated/α-hetero) is 1. The molecule has 1 aromatic heterocycles. The van der Waals surface area contributed by atoms with E-state index in [1.54, 1.807) is 6.92 Å². The van der Waals surface area contributed by atoms with E-state index in [9.17, 15) is 9.59 Å². The van der Waals surface area contributed by atoms with Gasteiger partial charge < -0.3 is 9.15 Å². The van der Waals surface area contributed by atoms with E-state index >= 15 is 0 Å². The second-order valence-electron chi connectivity index (χ2n) is 6.72. The van der Waals surface area contributed by atoms with E-state index in [4.69, 9.17) is 9.15 Å². The lowest BCUT2D eigenvalue weighted by Gasteiger charge is -2.18. The van der Waals surface area contributed by atoms with Gasteiger partial charge in [-0.25, -0.2) is 4.79 Å². The number of hydrogen-bond donors (Lipinski definition) is 0. The van der Waals surface area contributed by atoms with Crippen molar-refractivity contribution in [3.63, 3.8) is 0 Å². The van der Waals surface area contributed by atoms with E-state index < -0.39 is 6.10 Å². The van der Waals surface area contributed by atoms with Gasteiger partial charge in [0, 0.05) is 21.7 Å². The highest BCUT2D eigenvalue weighted by molar-refractivity contribution is 6.07. The van der Waals surface area contributed by atoms with Gasteiger partial charge in [-0.3, -0.25) is 4.79 Å². The molecule has 128 valence electrons. The van der Waals surface area contributed by atoms with Gasteiger partial charge in [-0.15, -0.1) is 0 Å². The highest BCUT2D eigenvalue weighted by atomic mass is 16.5. The minimum absolute atomic E-state index is 0.0293. The summed E-state index contributed by atoms with van der Waals surface area (Å²) in [6, 6.07) is 9.64. The molecular formula is C21H20O4. The zero-order valence-corrected chi connectivity index (χ0v) is 14.4. The quantitative estimate of drug-likeness (QED) is 0.532. The Hall–Kier alpha value is -2.62. The summed E-state index contributed by atoms with van der Waals surface area (Å²) in [7, 11) is 0. The van der Waals surface area contributed by atoms with Crippen molar-refractivity contribution >= 4 is 27.5 Å². The van der Waals surface area contributed by atoms with Gasteiger partial charge in [-0.05, 0) is 57.2 Å². The van der Waals surface area contributed by atoms with Gasteiger partial charge in [0.15, 0.2) is 11.9 Å². The van der Waals surface area contributed by atoms with Crippen LogP contribution in [0.15, 0.2) is 39.5 Å². The van der Waals surface area contributed by atoms with Crippen LogP contribution in [0, 0.1) is 0 Å². The Bertz CT molecular complexity index is 1050. The molecule has 2 aromatic carbocycles. The lowest BCUT2D eigenvalue weighted by atomic mass is 9.90. The molecule has 0 amide bonds. The van der Waals surface area contributed by atoms with E-state index in [0.29, 0.717) is 11.3 Å². The fourth-order valence-corrected chi connectivity index (χ4v) is 3.61. The molecule has 0 saturated heterocycles. The first-order valence-corrected chi connectivity index (χ1v) is 8.73. The van der Waals surface area contributed by atoms with Gasteiger partial charge in [0.05, 0.1) is 0 Å². The number of ketones is 1. The first kappa shape index (κ1) is 15.9. The lowest BCUT2D eigenvalue weighted by Crippen LogP contribution is -2.20. The van der Waals surface area contributed by atoms with Crippen molar-refractivity contribution < 1.29 is 13.9 Å². The maximum absolute atomic E-state index is 12.4. The van der Waals surface area contributed by atoms with Gasteiger partial charge in [-0.1, -0.05) is 18.2 Å². The third-order valence-electron chi connectivity index (χ3n) is 5.08. The molecule has 0 spiro atoms. The van der Waals surface area contributed by atoms with Crippen LogP contribution in [0.25, 0.3) is 21.7 Å². The molecule has 0 N–H and O–H groups in total. The van der Waals surface area contributed by atoms with Crippen LogP contribution in [0.1, 0.15) is 37.8 Å². The number of ether oxygens (including phenoxy) is 1. The van der Waals surface area contributed by atoms with Crippen LogP contribution in [0.3, 0.4) is 0 Å². The monoisotopic (exact) mass is 336 g/mol. The summed E-state index contributed by atoms with van der Waals surface area (Å²) in [5.74, 6) is 0.598. The Labute approximate surface area is 145 Å². The molecular weight excluding hydrogens is 316 g/mol. The predicted molar refractivity (Wildman–Crippen MR) is 97.4 cm³/mol. The van der Waals surface area contributed by atoms with Crippen molar-refractivity contribution in [3.05, 3.63) is 51.9 Å². The Morgan fingerprint density at radius 1 is 1.04 bits per heavy atom. The maximum atomic E-state index is 12.4. The third-order valence-corrected chi connectivity index (χ3v) is 5.08. The molecule has 4 nitrogen and oxygen atoms in total. The molecule has 1 heterocycles. The van der Waals surface area contributed by atoms with Crippen molar-refractivity contribution in [1.82, 2.24) is 0 Å². The number of aryl methyl sites for hydroxylation is 1. The second kappa shape index (κ2) is 6.03. The van der Waals surface area contributed by atoms with E-state index in [0.717, 1.165) is 53.0 Å². The van der Waals surface area contributed by atoms with Crippen molar-refractivity contribution in [2.75, 3.05) is 0 Å². The minimum Gasteiger partial charge on any atom is -0.482 e. The number of carbonyl (C=O) groups excluding carboxylic acids is 1. The zero-order chi connectivity index (χ0) is 17.6. The number of hydrogen-bond acceptors (Lipinski definition) is 4. The summed E-state index contributed by atoms with van der Waals surface area (Å²) in [5, 5.41) is 2.71. The topological polar surface area (TPSA) is 56.5 Å². The summed E-state index contributed by atoms with van der Waals surface area (Å²) in [4.78, 5) is 23.9. The fraction of sp³-hybridized carbons (Fsp3) is 0.333. The summed E-state index contributed by atoms with van der Waals surface area (Å²) in [6.45, 7) is 3.25. The molecule has 0 bridgehead atoms. The third kappa shape index (κ3) is 2.62. The van der Waals surface area contributed by atoms with Crippen LogP contribution >= 0.6 is 0 Å². The molecule has 4 rings (SSSR count). The van der Waals surface area contributed by atoms with Crippen LogP contribution in [0.2, 0.25) is 0 Å². The van der Waals surface area contributed by atoms with Gasteiger partial charge in [0.25, 0.3) is 0 Å². The molecule has 0 unspecified atom stereocenters. The highest BCUT2D eigenvalue weighted by Crippen LogP contribution is 2.35. The van der Waals surface area contributed by atoms with Crippen LogP contribution in [-0.4, -0.2) is 11.9 Å². The number of carbonyl (C=O) groups is 1. The smallest absolute Gasteiger partial charge is 0.339 e. The number of fused-ring (bicyclic) bond motifs is 5. The standard InChI is InChI=1S/C21H20O4/c1-12(22)13(2)24-19-9-5-8-16-15(19)10-11-17-14-6-3-4-7-18(14)21(23)25-20(16)17/h5,8-11,13H,3-4,6-7H2,1-2H3/t13-/m1/s1. The molecule has 0 saturated carbocycles. The first-order valence-electron chi connectivity index (χ1n) is 8.73. The van der Waals surface area contributed by atoms with Gasteiger partial charge in [0.1, 0.15) is 11.3 Å². The Balaban J connectivity index is 1.97. The summed E-state index contributed by atoms with van der Waals surface area (Å²) in [5.41, 5.74) is 2.35. The van der Waals surface area contributed by atoms with Crippen molar-refractivity contribution in [3.8, 4) is 5.75 Å². The maximum Gasteiger partial charge on any atom is 0.339 e. The minimum atomic E-state index is -0.517. The lowest BCUT2D eigenvalue weighted by molar-refractivity contribution is -0.122. The average molecular weight is 336 g/mol. The first-order chi connectivity index (χ1) is 12.1. The normalized spacial score (nSPS) is 15.1. The SMILES string of the molecule is CC(=O)[C@@H](C)Oc1cccc2c1ccc1c3c(c(=O)oc12)CCCC3. The van der Waals surface area contributed by atoms with Gasteiger partial charge in [-0.2, -0.15) is 0 Å². The van der Waals surface area contributed by atoms with Crippen LogP contribution in [0.4, 0.5) is 0 Å². The van der Waals surface area contributed by atoms with Crippen molar-refractivity contribution in [2.24, 2.45) is 0 Å². The Kier molecular flexibility index (Phi) is 3.83. The molecule has 0 aliphatic heterocycles. The molecule has 4 heteroatoms. The summed E-state index contributed by atoms with van der Waals surface area (Å²) in [6.07, 6.45) is 3.34. The average Bonchev–Trinajstić information content (AvgIpc) is 2.62. The summed E-state index contributed by atoms with van der Waals surface area (Å²) >= 11 is 0. The zero-order valence-electron chi connectivity index (χ0n) is 14.4. The summed E-state index contributed by atoms with van der Waals surface area (Å²) < 4.78 is 11.5. The Morgan fingerprint density at radius 2 is 1.76 bits per heavy atom. The van der Waals surface area contributed by atoms with Crippen molar-refractivity contribution in [1.29, 1.82) is 0 Å². The van der Waals surface area contributed by atoms with Crippen molar-refractivity contribution in [2.45, 2.75) is 45.6 Å². The van der Waals surface area contributed by atoms with Crippen LogP contribution in [0.5, 0.6) is 5.75 Å². The highest BCUT2D eigenvalue weighted by Gasteiger charge is 2.20. The molecule has 0 fully saturated rings. The molecule has 25 heavy (non-hydrogen) atoms. The Morgan fingerprint density at radius 3 is 2.52 bits per heavy atom. The van der Waals surface area contributed by atoms with Crippen LogP contribution in [-0.2, 0) is 17.6 Å². The largest absolute Gasteiger partial charge is 0.482 e. The van der Waals surface area contributed by atoms with E-state index in [-0.39, 0.29) is 11.4 Å². The van der Waals surface area contributed by atoms with Gasteiger partial charge >= 0.3 is 5.63 Å². The second-order valence-corrected chi connectivity index (χ2v) is 6.72. The number of rotatable bonds is 3. The van der Waals surface area contributed by atoms with Gasteiger partial charge in [0.2, 0.25) is 0 Å². The predicted octanol–water partition coefficient (Wildman–Crippen LogP) is 4.18. The fourth-order valence-electron chi connectivity index (χ4n) is 3.61. The molecule has 1 atom stereocenters. The van der Waals surface area contributed by atoms with E-state index in [1.807, 2.05) is 30.3 Å². The number of benzene rings is 2. The molecule has 1 aliphatic carbocycles. The molecule has 3 aromatic rings. The van der Waals surface area contributed by atoms with Crippen LogP contribution < -0.4 is 10.4 Å². The molecule has 1 aliphatic rings. The van der Waals surface area contributed by atoms with E-state index in [2.05, 4.69) is 0 Å². The van der Waals surface area contributed by atoms with E-state index in [1.165, 1.54) is 6.92 Å².